The van der Waals surface area contributed by atoms with Crippen LogP contribution in [0.4, 0.5) is 0 Å². The van der Waals surface area contributed by atoms with E-state index in [-0.39, 0.29) is 49.4 Å². The van der Waals surface area contributed by atoms with Crippen LogP contribution in [0.3, 0.4) is 0 Å². The van der Waals surface area contributed by atoms with Crippen molar-refractivity contribution >= 4 is 23.6 Å². The molecule has 34 heavy (non-hydrogen) atoms. The first kappa shape index (κ1) is 24.2. The van der Waals surface area contributed by atoms with Crippen LogP contribution in [0.1, 0.15) is 32.5 Å². The van der Waals surface area contributed by atoms with E-state index in [9.17, 15) is 19.2 Å². The van der Waals surface area contributed by atoms with Crippen molar-refractivity contribution in [2.45, 2.75) is 13.1 Å². The molecule has 3 aromatic rings. The predicted octanol–water partition coefficient (Wildman–Crippen LogP) is 1.04. The molecule has 0 atom stereocenters. The van der Waals surface area contributed by atoms with Gasteiger partial charge in [0.2, 0.25) is 11.8 Å². The molecule has 3 heterocycles. The van der Waals surface area contributed by atoms with Gasteiger partial charge in [-0.25, -0.2) is 4.98 Å². The van der Waals surface area contributed by atoms with Gasteiger partial charge >= 0.3 is 0 Å². The molecule has 2 N–H and O–H groups in total. The van der Waals surface area contributed by atoms with Crippen molar-refractivity contribution in [1.82, 2.24) is 25.4 Å². The lowest BCUT2D eigenvalue weighted by Crippen LogP contribution is -2.39. The average Bonchev–Trinajstić information content (AvgIpc) is 3.55. The molecule has 0 saturated heterocycles. The number of pyridine rings is 1. The van der Waals surface area contributed by atoms with Crippen LogP contribution in [0.5, 0.6) is 0 Å². The first-order valence-electron chi connectivity index (χ1n) is 10.4. The summed E-state index contributed by atoms with van der Waals surface area (Å²) in [5.74, 6) is -0.620. The summed E-state index contributed by atoms with van der Waals surface area (Å²) >= 11 is 0. The van der Waals surface area contributed by atoms with Gasteiger partial charge in [-0.15, -0.1) is 0 Å². The maximum atomic E-state index is 12.7. The summed E-state index contributed by atoms with van der Waals surface area (Å²) in [7, 11) is 2.92. The van der Waals surface area contributed by atoms with E-state index in [4.69, 9.17) is 8.83 Å². The van der Waals surface area contributed by atoms with Crippen molar-refractivity contribution in [3.8, 4) is 0 Å². The molecule has 0 radical (unpaired) electrons. The fourth-order valence-corrected chi connectivity index (χ4v) is 2.95. The van der Waals surface area contributed by atoms with Gasteiger partial charge in [-0.2, -0.15) is 0 Å². The second kappa shape index (κ2) is 11.5. The van der Waals surface area contributed by atoms with Crippen molar-refractivity contribution in [3.63, 3.8) is 0 Å². The van der Waals surface area contributed by atoms with Gasteiger partial charge in [0.25, 0.3) is 11.8 Å². The summed E-state index contributed by atoms with van der Waals surface area (Å²) in [6, 6.07) is 11.3. The van der Waals surface area contributed by atoms with Crippen LogP contribution in [0.25, 0.3) is 0 Å². The number of nitrogens with one attached hydrogen (secondary N) is 2. The van der Waals surface area contributed by atoms with Gasteiger partial charge in [-0.05, 0) is 36.4 Å². The number of likely N-dealkylation sites (N-methyl/N-ethyl adjacent to an activating group) is 2. The molecule has 178 valence electrons. The molecule has 0 spiro atoms. The number of aromatic nitrogens is 1. The number of amides is 4. The van der Waals surface area contributed by atoms with Crippen molar-refractivity contribution in [3.05, 3.63) is 77.9 Å². The normalized spacial score (nSPS) is 10.4. The van der Waals surface area contributed by atoms with Crippen LogP contribution in [0.15, 0.2) is 63.8 Å². The molecule has 0 unspecified atom stereocenters. The van der Waals surface area contributed by atoms with Crippen LogP contribution in [-0.4, -0.2) is 65.6 Å². The monoisotopic (exact) mass is 467 g/mol. The van der Waals surface area contributed by atoms with E-state index < -0.39 is 11.8 Å². The highest BCUT2D eigenvalue weighted by atomic mass is 16.3. The van der Waals surface area contributed by atoms with Gasteiger partial charge in [0.1, 0.15) is 22.9 Å². The molecule has 0 aliphatic heterocycles. The third kappa shape index (κ3) is 6.79. The van der Waals surface area contributed by atoms with E-state index in [0.29, 0.717) is 11.5 Å². The third-order valence-electron chi connectivity index (χ3n) is 4.72. The average molecular weight is 467 g/mol. The van der Waals surface area contributed by atoms with Gasteiger partial charge in [-0.3, -0.25) is 19.2 Å². The minimum Gasteiger partial charge on any atom is -0.467 e. The van der Waals surface area contributed by atoms with Gasteiger partial charge in [0, 0.05) is 14.1 Å². The predicted molar refractivity (Wildman–Crippen MR) is 119 cm³/mol. The molecule has 0 fully saturated rings. The van der Waals surface area contributed by atoms with E-state index in [1.165, 1.54) is 54.6 Å². The number of carbonyl (C=O) groups excluding carboxylic acids is 4. The zero-order valence-corrected chi connectivity index (χ0v) is 18.8. The molecule has 0 aliphatic carbocycles. The molecule has 0 aromatic carbocycles. The standard InChI is InChI=1S/C23H25N5O6/c1-27(14-20(29)24-12-16-6-4-10-33-16)22(31)18-8-3-9-19(26-18)23(32)28(2)15-21(30)25-13-17-7-5-11-34-17/h3-11H,12-15H2,1-2H3,(H,24,29)(H,25,30). The maximum Gasteiger partial charge on any atom is 0.272 e. The molecule has 0 bridgehead atoms. The highest BCUT2D eigenvalue weighted by Gasteiger charge is 2.20. The Labute approximate surface area is 195 Å². The quantitative estimate of drug-likeness (QED) is 0.454. The summed E-state index contributed by atoms with van der Waals surface area (Å²) in [6.45, 7) is 0.0132. The summed E-state index contributed by atoms with van der Waals surface area (Å²) in [4.78, 5) is 56.1. The fraction of sp³-hybridized carbons (Fsp3) is 0.261. The number of nitrogens with zero attached hydrogens (tertiary/aromatic N) is 3. The highest BCUT2D eigenvalue weighted by molar-refractivity contribution is 5.98. The lowest BCUT2D eigenvalue weighted by Gasteiger charge is -2.18. The van der Waals surface area contributed by atoms with E-state index in [0.717, 1.165) is 0 Å². The summed E-state index contributed by atoms with van der Waals surface area (Å²) in [5.41, 5.74) is 0.00529. The number of rotatable bonds is 10. The van der Waals surface area contributed by atoms with Gasteiger partial charge in [0.05, 0.1) is 38.7 Å². The second-order valence-corrected chi connectivity index (χ2v) is 7.44. The lowest BCUT2D eigenvalue weighted by molar-refractivity contribution is -0.122. The SMILES string of the molecule is CN(CC(=O)NCc1ccco1)C(=O)c1cccc(C(=O)N(C)CC(=O)NCc2ccco2)n1. The Morgan fingerprint density at radius 3 is 1.56 bits per heavy atom. The van der Waals surface area contributed by atoms with Gasteiger partial charge < -0.3 is 29.3 Å². The highest BCUT2D eigenvalue weighted by Crippen LogP contribution is 2.06. The number of hydrogen-bond donors (Lipinski definition) is 2. The molecule has 0 saturated carbocycles. The Morgan fingerprint density at radius 2 is 1.18 bits per heavy atom. The van der Waals surface area contributed by atoms with Crippen molar-refractivity contribution in [2.24, 2.45) is 0 Å². The Hall–Kier alpha value is -4.41. The third-order valence-corrected chi connectivity index (χ3v) is 4.72. The largest absolute Gasteiger partial charge is 0.467 e. The fourth-order valence-electron chi connectivity index (χ4n) is 2.95. The Morgan fingerprint density at radius 1 is 0.735 bits per heavy atom. The molecule has 3 aromatic heterocycles. The zero-order valence-electron chi connectivity index (χ0n) is 18.8. The van der Waals surface area contributed by atoms with Crippen LogP contribution in [-0.2, 0) is 22.7 Å². The Kier molecular flexibility index (Phi) is 8.16. The molecule has 0 aliphatic rings. The van der Waals surface area contributed by atoms with E-state index in [1.54, 1.807) is 24.3 Å². The smallest absolute Gasteiger partial charge is 0.272 e. The van der Waals surface area contributed by atoms with Crippen molar-refractivity contribution in [1.29, 1.82) is 0 Å². The number of carbonyl (C=O) groups is 4. The topological polar surface area (TPSA) is 138 Å². The van der Waals surface area contributed by atoms with Crippen molar-refractivity contribution in [2.75, 3.05) is 27.2 Å². The second-order valence-electron chi connectivity index (χ2n) is 7.44. The molecule has 4 amide bonds. The number of hydrogen-bond acceptors (Lipinski definition) is 7. The first-order chi connectivity index (χ1) is 16.3. The van der Waals surface area contributed by atoms with Crippen molar-refractivity contribution < 1.29 is 28.0 Å². The Bertz CT molecular complexity index is 1040. The number of furan rings is 2. The molecule has 11 heteroatoms. The first-order valence-corrected chi connectivity index (χ1v) is 10.4. The molecular formula is C23H25N5O6. The van der Waals surface area contributed by atoms with Gasteiger partial charge in [-0.1, -0.05) is 6.07 Å². The lowest BCUT2D eigenvalue weighted by atomic mass is 10.2. The zero-order chi connectivity index (χ0) is 24.5. The Balaban J connectivity index is 1.52. The van der Waals surface area contributed by atoms with E-state index in [1.807, 2.05) is 0 Å². The van der Waals surface area contributed by atoms with Crippen LogP contribution < -0.4 is 10.6 Å². The van der Waals surface area contributed by atoms with Crippen LogP contribution >= 0.6 is 0 Å². The molecule has 3 rings (SSSR count). The van der Waals surface area contributed by atoms with Crippen LogP contribution in [0, 0.1) is 0 Å². The molecular weight excluding hydrogens is 442 g/mol. The summed E-state index contributed by atoms with van der Waals surface area (Å²) in [5, 5.41) is 5.31. The minimum absolute atomic E-state index is 0.00264. The summed E-state index contributed by atoms with van der Waals surface area (Å²) in [6.07, 6.45) is 3.00. The minimum atomic E-state index is -0.526. The van der Waals surface area contributed by atoms with E-state index >= 15 is 0 Å². The molecule has 11 nitrogen and oxygen atoms in total. The van der Waals surface area contributed by atoms with Crippen LogP contribution in [0.2, 0.25) is 0 Å². The van der Waals surface area contributed by atoms with Gasteiger partial charge in [0.15, 0.2) is 0 Å². The summed E-state index contributed by atoms with van der Waals surface area (Å²) < 4.78 is 10.3. The maximum absolute atomic E-state index is 12.7. The van der Waals surface area contributed by atoms with E-state index in [2.05, 4.69) is 15.6 Å².